The van der Waals surface area contributed by atoms with Gasteiger partial charge < -0.3 is 4.90 Å². The summed E-state index contributed by atoms with van der Waals surface area (Å²) in [4.78, 5) is 30.0. The molecule has 0 saturated carbocycles. The molecule has 1 unspecified atom stereocenters. The molecule has 1 amide bonds. The number of hydrogen-bond donors (Lipinski definition) is 0. The van der Waals surface area contributed by atoms with Crippen molar-refractivity contribution in [2.24, 2.45) is 13.0 Å². The molecular formula is C21H26N4O2S2. The van der Waals surface area contributed by atoms with Crippen molar-refractivity contribution in [3.8, 4) is 6.07 Å². The van der Waals surface area contributed by atoms with Crippen LogP contribution in [-0.2, 0) is 11.8 Å². The number of amides is 1. The lowest BCUT2D eigenvalue weighted by Crippen LogP contribution is -2.39. The zero-order valence-electron chi connectivity index (χ0n) is 17.3. The highest BCUT2D eigenvalue weighted by atomic mass is 32.2. The monoisotopic (exact) mass is 430 g/mol. The zero-order chi connectivity index (χ0) is 21.3. The normalized spacial score (nSPS) is 21.2. The maximum atomic E-state index is 12.9. The van der Waals surface area contributed by atoms with Crippen molar-refractivity contribution in [2.45, 2.75) is 40.0 Å². The van der Waals surface area contributed by atoms with E-state index < -0.39 is 0 Å². The number of piperidine rings is 1. The van der Waals surface area contributed by atoms with Gasteiger partial charge in [-0.05, 0) is 43.7 Å². The Hall–Kier alpha value is -2.11. The smallest absolute Gasteiger partial charge is 0.270 e. The summed E-state index contributed by atoms with van der Waals surface area (Å²) in [5.74, 6) is 1.19. The van der Waals surface area contributed by atoms with Gasteiger partial charge >= 0.3 is 0 Å². The predicted octanol–water partition coefficient (Wildman–Crippen LogP) is 3.41. The first-order valence-electron chi connectivity index (χ1n) is 9.94. The van der Waals surface area contributed by atoms with Crippen LogP contribution in [0, 0.1) is 24.2 Å². The summed E-state index contributed by atoms with van der Waals surface area (Å²) in [6.45, 7) is 8.28. The van der Waals surface area contributed by atoms with Gasteiger partial charge in [0, 0.05) is 32.2 Å². The van der Waals surface area contributed by atoms with E-state index in [9.17, 15) is 14.9 Å². The number of carbonyl (C=O) groups excluding carboxylic acids is 1. The first-order valence-corrected chi connectivity index (χ1v) is 11.2. The molecule has 154 valence electrons. The third kappa shape index (κ3) is 3.99. The molecule has 1 atom stereocenters. The molecule has 6 nitrogen and oxygen atoms in total. The largest absolute Gasteiger partial charge is 0.357 e. The van der Waals surface area contributed by atoms with E-state index in [-0.39, 0.29) is 17.0 Å². The highest BCUT2D eigenvalue weighted by Gasteiger charge is 2.32. The molecule has 2 fully saturated rings. The molecule has 1 aromatic heterocycles. The van der Waals surface area contributed by atoms with Crippen LogP contribution in [0.25, 0.3) is 6.08 Å². The Bertz CT molecular complexity index is 990. The number of hydrogen-bond acceptors (Lipinski definition) is 6. The van der Waals surface area contributed by atoms with Gasteiger partial charge in [-0.1, -0.05) is 37.8 Å². The first kappa shape index (κ1) is 21.6. The van der Waals surface area contributed by atoms with Crippen molar-refractivity contribution < 1.29 is 4.79 Å². The standard InChI is InChI=1S/C21H26N4O2S2/c1-5-8-25-20(27)17(29-21(25)28)10-15-14(3)16(11-22)19(26)23(4)18(15)24-9-6-7-13(2)12-24/h10,13H,5-9,12H2,1-4H3. The Morgan fingerprint density at radius 1 is 1.38 bits per heavy atom. The summed E-state index contributed by atoms with van der Waals surface area (Å²) in [7, 11) is 1.71. The van der Waals surface area contributed by atoms with Crippen LogP contribution in [-0.4, -0.2) is 39.3 Å². The summed E-state index contributed by atoms with van der Waals surface area (Å²) in [5, 5.41) is 9.56. The number of nitrogens with zero attached hydrogens (tertiary/aromatic N) is 4. The molecule has 3 rings (SSSR count). The minimum absolute atomic E-state index is 0.105. The number of thiocarbonyl (C=S) groups is 1. The van der Waals surface area contributed by atoms with E-state index in [4.69, 9.17) is 12.2 Å². The molecule has 3 heterocycles. The molecular weight excluding hydrogens is 404 g/mol. The van der Waals surface area contributed by atoms with Crippen molar-refractivity contribution in [3.63, 3.8) is 0 Å². The lowest BCUT2D eigenvalue weighted by atomic mass is 9.98. The third-order valence-corrected chi connectivity index (χ3v) is 6.90. The molecule has 0 N–H and O–H groups in total. The fraction of sp³-hybridized carbons (Fsp3) is 0.524. The van der Waals surface area contributed by atoms with Gasteiger partial charge in [-0.2, -0.15) is 5.26 Å². The number of pyridine rings is 1. The molecule has 0 spiro atoms. The van der Waals surface area contributed by atoms with Crippen molar-refractivity contribution in [2.75, 3.05) is 24.5 Å². The maximum Gasteiger partial charge on any atom is 0.270 e. The quantitative estimate of drug-likeness (QED) is 0.539. The van der Waals surface area contributed by atoms with Crippen molar-refractivity contribution >= 4 is 46.1 Å². The summed E-state index contributed by atoms with van der Waals surface area (Å²) in [6, 6.07) is 2.05. The molecule has 2 saturated heterocycles. The van der Waals surface area contributed by atoms with E-state index in [1.54, 1.807) is 23.4 Å². The summed E-state index contributed by atoms with van der Waals surface area (Å²) in [5.41, 5.74) is 1.20. The minimum atomic E-state index is -0.297. The minimum Gasteiger partial charge on any atom is -0.357 e. The van der Waals surface area contributed by atoms with Gasteiger partial charge in [-0.25, -0.2) is 0 Å². The van der Waals surface area contributed by atoms with E-state index in [0.29, 0.717) is 27.3 Å². The number of aromatic nitrogens is 1. The average Bonchev–Trinajstić information content (AvgIpc) is 2.94. The maximum absolute atomic E-state index is 12.9. The van der Waals surface area contributed by atoms with Gasteiger partial charge in [-0.3, -0.25) is 19.1 Å². The number of nitriles is 1. The van der Waals surface area contributed by atoms with Crippen molar-refractivity contribution in [1.82, 2.24) is 9.47 Å². The topological polar surface area (TPSA) is 69.3 Å². The lowest BCUT2D eigenvalue weighted by Gasteiger charge is -2.35. The molecule has 0 aliphatic carbocycles. The van der Waals surface area contributed by atoms with Gasteiger partial charge in [-0.15, -0.1) is 0 Å². The Morgan fingerprint density at radius 3 is 2.72 bits per heavy atom. The van der Waals surface area contributed by atoms with E-state index in [0.717, 1.165) is 43.7 Å². The molecule has 2 aliphatic heterocycles. The van der Waals surface area contributed by atoms with Crippen molar-refractivity contribution in [3.05, 3.63) is 31.9 Å². The molecule has 0 radical (unpaired) electrons. The molecule has 2 aliphatic rings. The van der Waals surface area contributed by atoms with Crippen LogP contribution in [0.3, 0.4) is 0 Å². The van der Waals surface area contributed by atoms with Gasteiger partial charge in [0.15, 0.2) is 0 Å². The van der Waals surface area contributed by atoms with E-state index in [2.05, 4.69) is 11.8 Å². The van der Waals surface area contributed by atoms with Gasteiger partial charge in [0.1, 0.15) is 21.8 Å². The van der Waals surface area contributed by atoms with Crippen molar-refractivity contribution in [1.29, 1.82) is 5.26 Å². The van der Waals surface area contributed by atoms with E-state index in [1.807, 2.05) is 19.1 Å². The summed E-state index contributed by atoms with van der Waals surface area (Å²) < 4.78 is 2.11. The van der Waals surface area contributed by atoms with Crippen LogP contribution in [0.5, 0.6) is 0 Å². The number of thioether (sulfide) groups is 1. The fourth-order valence-corrected chi connectivity index (χ4v) is 5.31. The highest BCUT2D eigenvalue weighted by molar-refractivity contribution is 8.26. The van der Waals surface area contributed by atoms with E-state index >= 15 is 0 Å². The molecule has 29 heavy (non-hydrogen) atoms. The second-order valence-corrected chi connectivity index (χ2v) is 9.42. The summed E-state index contributed by atoms with van der Waals surface area (Å²) in [6.07, 6.45) is 4.85. The van der Waals surface area contributed by atoms with Gasteiger partial charge in [0.05, 0.1) is 4.91 Å². The third-order valence-electron chi connectivity index (χ3n) is 5.52. The first-order chi connectivity index (χ1) is 13.8. The van der Waals surface area contributed by atoms with Gasteiger partial charge in [0.2, 0.25) is 0 Å². The fourth-order valence-electron chi connectivity index (χ4n) is 4.02. The van der Waals surface area contributed by atoms with Crippen LogP contribution >= 0.6 is 24.0 Å². The Kier molecular flexibility index (Phi) is 6.49. The molecule has 1 aromatic rings. The number of carbonyl (C=O) groups is 1. The Labute approximate surface area is 181 Å². The second kappa shape index (κ2) is 8.72. The van der Waals surface area contributed by atoms with Crippen LogP contribution in [0.4, 0.5) is 5.82 Å². The number of rotatable bonds is 4. The molecule has 0 bridgehead atoms. The average molecular weight is 431 g/mol. The summed E-state index contributed by atoms with van der Waals surface area (Å²) >= 11 is 6.67. The zero-order valence-corrected chi connectivity index (χ0v) is 19.0. The SMILES string of the molecule is CCCN1C(=O)C(=Cc2c(C)c(C#N)c(=O)n(C)c2N2CCCC(C)C2)SC1=S. The van der Waals surface area contributed by atoms with Crippen LogP contribution < -0.4 is 10.5 Å². The van der Waals surface area contributed by atoms with E-state index in [1.165, 1.54) is 11.8 Å². The van der Waals surface area contributed by atoms with Gasteiger partial charge in [0.25, 0.3) is 11.5 Å². The molecule has 8 heteroatoms. The highest BCUT2D eigenvalue weighted by Crippen LogP contribution is 2.36. The van der Waals surface area contributed by atoms with Crippen LogP contribution in [0.2, 0.25) is 0 Å². The molecule has 0 aromatic carbocycles. The van der Waals surface area contributed by atoms with Crippen LogP contribution in [0.1, 0.15) is 49.8 Å². The number of anilines is 1. The van der Waals surface area contributed by atoms with Crippen LogP contribution in [0.15, 0.2) is 9.70 Å². The Morgan fingerprint density at radius 2 is 2.10 bits per heavy atom. The predicted molar refractivity (Wildman–Crippen MR) is 122 cm³/mol. The Balaban J connectivity index is 2.18. The second-order valence-electron chi connectivity index (χ2n) is 7.74. The lowest BCUT2D eigenvalue weighted by molar-refractivity contribution is -0.122.